The second-order valence-electron chi connectivity index (χ2n) is 7.77. The zero-order valence-corrected chi connectivity index (χ0v) is 16.6. The molecule has 5 heteroatoms. The summed E-state index contributed by atoms with van der Waals surface area (Å²) in [7, 11) is 1.83. The first-order chi connectivity index (χ1) is 12.4. The first-order valence-corrected chi connectivity index (χ1v) is 9.73. The maximum atomic E-state index is 12.8. The quantitative estimate of drug-likeness (QED) is 0.811. The number of rotatable bonds is 7. The standard InChI is InChI=1S/C21H33N3O2/c1-16(2)24(19-8-6-5-7-9-19)21(26)15-23(4)14-20(25)22-18-12-10-17(3)11-13-18/h10-13,16,19H,5-9,14-15H2,1-4H3,(H,22,25). The monoisotopic (exact) mass is 359 g/mol. The molecular formula is C21H33N3O2. The van der Waals surface area contributed by atoms with Gasteiger partial charge in [0.1, 0.15) is 0 Å². The molecule has 1 fully saturated rings. The Morgan fingerprint density at radius 1 is 1.08 bits per heavy atom. The van der Waals surface area contributed by atoms with E-state index in [0.29, 0.717) is 6.04 Å². The summed E-state index contributed by atoms with van der Waals surface area (Å²) in [6, 6.07) is 8.26. The molecule has 1 aromatic rings. The molecule has 5 nitrogen and oxygen atoms in total. The van der Waals surface area contributed by atoms with Crippen LogP contribution in [0.25, 0.3) is 0 Å². The van der Waals surface area contributed by atoms with E-state index in [1.54, 1.807) is 4.90 Å². The Hall–Kier alpha value is -1.88. The molecule has 1 aliphatic carbocycles. The van der Waals surface area contributed by atoms with E-state index in [1.807, 2.05) is 43.1 Å². The molecule has 0 atom stereocenters. The molecule has 0 unspecified atom stereocenters. The molecule has 0 bridgehead atoms. The Kier molecular flexibility index (Phi) is 7.64. The number of benzene rings is 1. The maximum absolute atomic E-state index is 12.8. The lowest BCUT2D eigenvalue weighted by atomic mass is 9.93. The third-order valence-electron chi connectivity index (χ3n) is 4.97. The van der Waals surface area contributed by atoms with Gasteiger partial charge in [0.25, 0.3) is 0 Å². The zero-order valence-electron chi connectivity index (χ0n) is 16.6. The molecule has 0 aliphatic heterocycles. The van der Waals surface area contributed by atoms with Gasteiger partial charge in [-0.05, 0) is 52.8 Å². The van der Waals surface area contributed by atoms with E-state index in [2.05, 4.69) is 19.2 Å². The first kappa shape index (κ1) is 20.4. The van der Waals surface area contributed by atoms with Gasteiger partial charge in [-0.15, -0.1) is 0 Å². The smallest absolute Gasteiger partial charge is 0.238 e. The molecule has 0 heterocycles. The van der Waals surface area contributed by atoms with Crippen LogP contribution in [0.3, 0.4) is 0 Å². The van der Waals surface area contributed by atoms with E-state index in [9.17, 15) is 9.59 Å². The molecule has 144 valence electrons. The molecule has 0 aromatic heterocycles. The maximum Gasteiger partial charge on any atom is 0.238 e. The van der Waals surface area contributed by atoms with Crippen LogP contribution >= 0.6 is 0 Å². The predicted molar refractivity (Wildman–Crippen MR) is 106 cm³/mol. The van der Waals surface area contributed by atoms with Gasteiger partial charge >= 0.3 is 0 Å². The lowest BCUT2D eigenvalue weighted by Gasteiger charge is -2.38. The molecule has 0 spiro atoms. The van der Waals surface area contributed by atoms with Gasteiger partial charge in [0.05, 0.1) is 13.1 Å². The van der Waals surface area contributed by atoms with Crippen LogP contribution in [-0.2, 0) is 9.59 Å². The number of aryl methyl sites for hydroxylation is 1. The number of carbonyl (C=O) groups is 2. The van der Waals surface area contributed by atoms with E-state index in [-0.39, 0.29) is 30.9 Å². The van der Waals surface area contributed by atoms with Crippen molar-refractivity contribution < 1.29 is 9.59 Å². The van der Waals surface area contributed by atoms with Gasteiger partial charge in [-0.1, -0.05) is 37.0 Å². The summed E-state index contributed by atoms with van der Waals surface area (Å²) < 4.78 is 0. The summed E-state index contributed by atoms with van der Waals surface area (Å²) in [5.74, 6) is 0.0236. The first-order valence-electron chi connectivity index (χ1n) is 9.73. The Labute approximate surface area is 157 Å². The molecular weight excluding hydrogens is 326 g/mol. The zero-order chi connectivity index (χ0) is 19.1. The van der Waals surface area contributed by atoms with Crippen LogP contribution in [0.1, 0.15) is 51.5 Å². The van der Waals surface area contributed by atoms with Crippen LogP contribution < -0.4 is 5.32 Å². The van der Waals surface area contributed by atoms with E-state index >= 15 is 0 Å². The highest BCUT2D eigenvalue weighted by Crippen LogP contribution is 2.24. The molecule has 0 saturated heterocycles. The van der Waals surface area contributed by atoms with Gasteiger partial charge in [0, 0.05) is 17.8 Å². The van der Waals surface area contributed by atoms with Crippen LogP contribution in [0.4, 0.5) is 5.69 Å². The number of likely N-dealkylation sites (N-methyl/N-ethyl adjacent to an activating group) is 1. The third-order valence-corrected chi connectivity index (χ3v) is 4.97. The average molecular weight is 360 g/mol. The Morgan fingerprint density at radius 2 is 1.69 bits per heavy atom. The normalized spacial score (nSPS) is 15.3. The van der Waals surface area contributed by atoms with Gasteiger partial charge in [0.2, 0.25) is 11.8 Å². The lowest BCUT2D eigenvalue weighted by Crippen LogP contribution is -2.49. The lowest BCUT2D eigenvalue weighted by molar-refractivity contribution is -0.137. The second kappa shape index (κ2) is 9.72. The molecule has 26 heavy (non-hydrogen) atoms. The van der Waals surface area contributed by atoms with Crippen LogP contribution in [0.2, 0.25) is 0 Å². The number of anilines is 1. The third kappa shape index (κ3) is 6.13. The number of hydrogen-bond donors (Lipinski definition) is 1. The van der Waals surface area contributed by atoms with Crippen LogP contribution in [0.5, 0.6) is 0 Å². The number of hydrogen-bond acceptors (Lipinski definition) is 3. The summed E-state index contributed by atoms with van der Waals surface area (Å²) in [5, 5.41) is 2.88. The summed E-state index contributed by atoms with van der Waals surface area (Å²) in [5.41, 5.74) is 1.94. The fourth-order valence-electron chi connectivity index (χ4n) is 3.72. The second-order valence-corrected chi connectivity index (χ2v) is 7.77. The number of amides is 2. The van der Waals surface area contributed by atoms with Crippen molar-refractivity contribution in [2.24, 2.45) is 0 Å². The van der Waals surface area contributed by atoms with E-state index in [4.69, 9.17) is 0 Å². The van der Waals surface area contributed by atoms with Crippen molar-refractivity contribution in [3.8, 4) is 0 Å². The minimum Gasteiger partial charge on any atom is -0.336 e. The highest BCUT2D eigenvalue weighted by atomic mass is 16.2. The van der Waals surface area contributed by atoms with Crippen molar-refractivity contribution in [3.05, 3.63) is 29.8 Å². The van der Waals surface area contributed by atoms with Gasteiger partial charge in [0.15, 0.2) is 0 Å². The van der Waals surface area contributed by atoms with E-state index in [1.165, 1.54) is 19.3 Å². The molecule has 1 saturated carbocycles. The number of nitrogens with one attached hydrogen (secondary N) is 1. The summed E-state index contributed by atoms with van der Waals surface area (Å²) in [6.45, 7) is 6.65. The van der Waals surface area contributed by atoms with Crippen molar-refractivity contribution in [2.75, 3.05) is 25.5 Å². The largest absolute Gasteiger partial charge is 0.336 e. The topological polar surface area (TPSA) is 52.7 Å². The molecule has 1 aromatic carbocycles. The summed E-state index contributed by atoms with van der Waals surface area (Å²) in [6.07, 6.45) is 5.88. The number of nitrogens with zero attached hydrogens (tertiary/aromatic N) is 2. The highest BCUT2D eigenvalue weighted by Gasteiger charge is 2.28. The van der Waals surface area contributed by atoms with E-state index < -0.39 is 0 Å². The minimum atomic E-state index is -0.0992. The summed E-state index contributed by atoms with van der Waals surface area (Å²) >= 11 is 0. The molecule has 1 N–H and O–H groups in total. The fraction of sp³-hybridized carbons (Fsp3) is 0.619. The van der Waals surface area contributed by atoms with Crippen molar-refractivity contribution in [1.82, 2.24) is 9.80 Å². The molecule has 1 aliphatic rings. The van der Waals surface area contributed by atoms with Crippen LogP contribution in [-0.4, -0.2) is 53.8 Å². The summed E-state index contributed by atoms with van der Waals surface area (Å²) in [4.78, 5) is 28.9. The van der Waals surface area contributed by atoms with Gasteiger partial charge in [-0.25, -0.2) is 0 Å². The predicted octanol–water partition coefficient (Wildman–Crippen LogP) is 3.44. The van der Waals surface area contributed by atoms with Crippen molar-refractivity contribution in [3.63, 3.8) is 0 Å². The molecule has 2 rings (SSSR count). The van der Waals surface area contributed by atoms with Crippen LogP contribution in [0.15, 0.2) is 24.3 Å². The van der Waals surface area contributed by atoms with Crippen molar-refractivity contribution in [1.29, 1.82) is 0 Å². The Balaban J connectivity index is 1.86. The molecule has 0 radical (unpaired) electrons. The van der Waals surface area contributed by atoms with E-state index in [0.717, 1.165) is 24.1 Å². The van der Waals surface area contributed by atoms with Gasteiger partial charge in [-0.2, -0.15) is 0 Å². The average Bonchev–Trinajstić information content (AvgIpc) is 2.57. The minimum absolute atomic E-state index is 0.0992. The number of carbonyl (C=O) groups excluding carboxylic acids is 2. The Bertz CT molecular complexity index is 592. The van der Waals surface area contributed by atoms with Crippen LogP contribution in [0, 0.1) is 6.92 Å². The highest BCUT2D eigenvalue weighted by molar-refractivity contribution is 5.92. The SMILES string of the molecule is Cc1ccc(NC(=O)CN(C)CC(=O)N(C(C)C)C2CCCCC2)cc1. The molecule has 2 amide bonds. The van der Waals surface area contributed by atoms with Crippen molar-refractivity contribution >= 4 is 17.5 Å². The fourth-order valence-corrected chi connectivity index (χ4v) is 3.72. The van der Waals surface area contributed by atoms with Gasteiger partial charge in [-0.3, -0.25) is 14.5 Å². The Morgan fingerprint density at radius 3 is 2.27 bits per heavy atom. The van der Waals surface area contributed by atoms with Gasteiger partial charge < -0.3 is 10.2 Å². The van der Waals surface area contributed by atoms with Crippen molar-refractivity contribution in [2.45, 2.75) is 65.0 Å².